The van der Waals surface area contributed by atoms with Crippen LogP contribution in [0.3, 0.4) is 0 Å². The van der Waals surface area contributed by atoms with E-state index < -0.39 is 144 Å². The largest absolute Gasteiger partial charge is 1.00 e. The Labute approximate surface area is 591 Å². The molecule has 0 heterocycles. The standard InChI is InChI=1S/C14H30B30O2Si4.C6H18Cl2O2Si3.C2H2B10.4Li/c1-30-41(26)13(39(22)23,43(28)34-16)49(6,7)46-50(8,9)14(40(24)25,44(29)35-17)42(27)32-11-48(4,5)45-47(2,3)10-31-37(20)12(36(18)19)38(21)33-15;1-11(2,7)9-13(5,6)10-12(3,4)8;1-8-11(6)2(10(4)5)12(7)9-3;;;;/h1,10-11H2,2-9H3;1-6H3;1H2;;;;/q-2;;-2;4*+1. The van der Waals surface area contributed by atoms with E-state index in [1.165, 1.54) is 35.4 Å². The SMILES string of the molecule is C[Si](C)(Cl)O[Si](C)(C)O[Si](C)(C)Cl.[B][B]B([B])[C-](B([B])[B])B([B])[B]C[Si](C)(C)O[Si](C)(C)C[B]B([B])C(B([B])[B])(B([B])[B][B])[Si](C)(C)O[Si](C)(C)C(B([B])[B])(B([B])[B][B])B([B])[B][CH2-].[B][B]B([B])[C-](B([B])[B])B([B])[B][CH2-].[Li+].[Li+].[Li+].[Li+]. The van der Waals surface area contributed by atoms with Crippen molar-refractivity contribution in [2.24, 2.45) is 0 Å². The fraction of sp³-hybridized carbons (Fsp3) is 0.818. The second-order valence-electron chi connectivity index (χ2n) is 22.4. The van der Waals surface area contributed by atoms with Crippen LogP contribution in [0.15, 0.2) is 0 Å². The van der Waals surface area contributed by atoms with Crippen LogP contribution in [0.2, 0.25) is 113 Å². The summed E-state index contributed by atoms with van der Waals surface area (Å²) >= 11 is 12.2. The molecule has 0 aromatic heterocycles. The fourth-order valence-electron chi connectivity index (χ4n) is 9.94. The Hall–Kier alpha value is 6.93. The maximum Gasteiger partial charge on any atom is 1.00 e. The summed E-state index contributed by atoms with van der Waals surface area (Å²) in [6.07, 6.45) is 0. The third-order valence-electron chi connectivity index (χ3n) is 12.8. The van der Waals surface area contributed by atoms with Gasteiger partial charge >= 0.3 is 84.0 Å². The van der Waals surface area contributed by atoms with E-state index in [0.29, 0.717) is 23.1 Å². The van der Waals surface area contributed by atoms with Crippen LogP contribution in [0, 0.1) is 24.9 Å². The molecule has 328 valence electrons. The van der Waals surface area contributed by atoms with E-state index in [1.54, 1.807) is 7.17 Å². The van der Waals surface area contributed by atoms with Gasteiger partial charge in [0.2, 0.25) is 0 Å². The number of hydrogen-bond donors (Lipinski definition) is 0. The van der Waals surface area contributed by atoms with E-state index >= 15 is 0 Å². The zero-order valence-electron chi connectivity index (χ0n) is 51.8. The zero-order chi connectivity index (χ0) is 60.5. The Morgan fingerprint density at radius 2 is 0.709 bits per heavy atom. The van der Waals surface area contributed by atoms with Crippen LogP contribution < -0.4 is 75.4 Å². The van der Waals surface area contributed by atoms with Crippen molar-refractivity contribution < 1.29 is 91.9 Å². The third kappa shape index (κ3) is 33.1. The van der Waals surface area contributed by atoms with Gasteiger partial charge in [-0.1, -0.05) is 11.9 Å². The molecule has 79 heavy (non-hydrogen) atoms. The van der Waals surface area contributed by atoms with E-state index in [0.717, 1.165) is 0 Å². The van der Waals surface area contributed by atoms with Gasteiger partial charge in [-0.25, -0.2) is 0 Å². The predicted molar refractivity (Wildman–Crippen MR) is 401 cm³/mol. The van der Waals surface area contributed by atoms with Crippen molar-refractivity contribution in [1.29, 1.82) is 0 Å². The Kier molecular flexibility index (Phi) is 55.1. The molecule has 0 saturated carbocycles. The maximum absolute atomic E-state index is 7.25. The van der Waals surface area contributed by atoms with Crippen molar-refractivity contribution in [2.45, 2.75) is 113 Å². The second-order valence-corrected chi connectivity index (χ2v) is 55.0. The summed E-state index contributed by atoms with van der Waals surface area (Å²) in [4.78, 5) is 0. The van der Waals surface area contributed by atoms with E-state index in [4.69, 9.17) is 193 Å². The van der Waals surface area contributed by atoms with Crippen LogP contribution in [0.4, 0.5) is 0 Å². The predicted octanol–water partition coefficient (Wildman–Crippen LogP) is -18.4. The first-order valence-electron chi connectivity index (χ1n) is 24.6. The van der Waals surface area contributed by atoms with Crippen molar-refractivity contribution in [3.8, 4) is 0 Å². The molecule has 2 atom stereocenters. The minimum absolute atomic E-state index is 0. The van der Waals surface area contributed by atoms with Gasteiger partial charge in [-0.15, -0.1) is 71.3 Å². The molecule has 0 amide bonds. The van der Waals surface area contributed by atoms with Crippen molar-refractivity contribution in [2.75, 3.05) is 0 Å². The Balaban J connectivity index is -0.000000293. The van der Waals surface area contributed by atoms with E-state index in [-0.39, 0.29) is 75.4 Å². The molecule has 2 unspecified atom stereocenters. The molecule has 0 spiro atoms. The molecule has 0 saturated heterocycles. The molecule has 0 rings (SSSR count). The minimum atomic E-state index is -3.27. The summed E-state index contributed by atoms with van der Waals surface area (Å²) in [6.45, 7) is 26.5. The molecular weight excluding hydrogens is 1060 g/mol. The monoisotopic (exact) mass is 1110 g/mol. The van der Waals surface area contributed by atoms with Crippen molar-refractivity contribution in [3.63, 3.8) is 0 Å². The summed E-state index contributed by atoms with van der Waals surface area (Å²) < 4.78 is 23.3. The molecule has 0 aliphatic heterocycles. The topological polar surface area (TPSA) is 36.9 Å². The molecule has 0 aliphatic rings. The summed E-state index contributed by atoms with van der Waals surface area (Å²) in [7, 11) is 118. The smallest absolute Gasteiger partial charge is 0.458 e. The number of halogens is 2. The Bertz CT molecular complexity index is 1550. The average Bonchev–Trinajstić information content (AvgIpc) is 3.22. The number of hydrogen-bond acceptors (Lipinski definition) is 4. The van der Waals surface area contributed by atoms with E-state index in [1.807, 2.05) is 79.8 Å². The van der Waals surface area contributed by atoms with Crippen LogP contribution in [0.25, 0.3) is 0 Å². The molecule has 48 radical (unpaired) electrons. The van der Waals surface area contributed by atoms with Gasteiger partial charge in [-0.2, -0.15) is 13.7 Å². The van der Waals surface area contributed by atoms with Crippen LogP contribution >= 0.6 is 22.2 Å². The van der Waals surface area contributed by atoms with E-state index in [9.17, 15) is 0 Å². The van der Waals surface area contributed by atoms with Crippen LogP contribution in [0.1, 0.15) is 0 Å². The second kappa shape index (κ2) is 43.8. The van der Waals surface area contributed by atoms with Gasteiger partial charge in [0.05, 0.1) is 7.17 Å². The van der Waals surface area contributed by atoms with Crippen LogP contribution in [-0.2, 0) is 16.5 Å². The van der Waals surface area contributed by atoms with Crippen LogP contribution in [-0.4, -0.2) is 347 Å². The Morgan fingerprint density at radius 1 is 0.405 bits per heavy atom. The normalized spacial score (nSPS) is 13.0. The van der Waals surface area contributed by atoms with Crippen LogP contribution in [0.5, 0.6) is 0 Å². The van der Waals surface area contributed by atoms with Gasteiger partial charge in [0.1, 0.15) is 0 Å². The molecule has 0 bridgehead atoms. The van der Waals surface area contributed by atoms with Crippen molar-refractivity contribution in [1.82, 2.24) is 0 Å². The van der Waals surface area contributed by atoms with Gasteiger partial charge < -0.3 is 41.3 Å². The van der Waals surface area contributed by atoms with Gasteiger partial charge in [0.15, 0.2) is 33.3 Å². The molecule has 0 aromatic carbocycles. The molecule has 4 nitrogen and oxygen atoms in total. The summed E-state index contributed by atoms with van der Waals surface area (Å²) in [5.74, 6) is 1.15. The molecule has 0 fully saturated rings. The zero-order valence-corrected chi connectivity index (χ0v) is 60.3. The Morgan fingerprint density at radius 3 is 0.962 bits per heavy atom. The van der Waals surface area contributed by atoms with E-state index in [2.05, 4.69) is 39.8 Å². The van der Waals surface area contributed by atoms with Gasteiger partial charge in [0, 0.05) is 138 Å². The average molecular weight is 1110 g/mol. The first-order chi connectivity index (χ1) is 33.5. The molecule has 0 aliphatic carbocycles. The molecule has 0 aromatic rings. The summed E-state index contributed by atoms with van der Waals surface area (Å²) in [5.41, 5.74) is 1.11. The summed E-state index contributed by atoms with van der Waals surface area (Å²) in [6, 6.07) is 0. The van der Waals surface area contributed by atoms with Gasteiger partial charge in [-0.05, 0) is 183 Å². The fourth-order valence-corrected chi connectivity index (χ4v) is 43.2. The maximum atomic E-state index is 7.25. The molecule has 57 heteroatoms. The first kappa shape index (κ1) is 99.5. The minimum Gasteiger partial charge on any atom is -0.458 e. The van der Waals surface area contributed by atoms with Crippen molar-refractivity contribution in [3.05, 3.63) is 24.9 Å². The van der Waals surface area contributed by atoms with Gasteiger partial charge in [-0.3, -0.25) is 0 Å². The molecule has 0 N–H and O–H groups in total. The first-order valence-corrected chi connectivity index (χ1v) is 47.4. The molecular formula is C22H50B40Cl2Li4O4Si7. The van der Waals surface area contributed by atoms with Gasteiger partial charge in [0.25, 0.3) is 15.3 Å². The summed E-state index contributed by atoms with van der Waals surface area (Å²) in [5, 5.41) is 0. The third-order valence-corrected chi connectivity index (χ3v) is 39.1. The number of rotatable bonds is 34. The van der Waals surface area contributed by atoms with Crippen molar-refractivity contribution >= 4 is 369 Å². The quantitative estimate of drug-likeness (QED) is 0.0366.